The molecule has 2 heterocycles. The molecule has 0 aromatic rings. The molecular weight excluding hydrogens is 690 g/mol. The van der Waals surface area contributed by atoms with E-state index in [0.29, 0.717) is 24.2 Å². The summed E-state index contributed by atoms with van der Waals surface area (Å²) in [7, 11) is 5.49. The van der Waals surface area contributed by atoms with Crippen molar-refractivity contribution in [1.82, 2.24) is 10.6 Å². The summed E-state index contributed by atoms with van der Waals surface area (Å²) in [6, 6.07) is 0. The van der Waals surface area contributed by atoms with Crippen molar-refractivity contribution in [2.45, 2.75) is 97.1 Å². The fourth-order valence-electron chi connectivity index (χ4n) is 5.28. The van der Waals surface area contributed by atoms with E-state index in [1.165, 1.54) is 37.7 Å². The predicted octanol–water partition coefficient (Wildman–Crippen LogP) is 1.83. The molecule has 2 fully saturated rings. The monoisotopic (exact) mass is 748 g/mol. The Balaban J connectivity index is 0. The van der Waals surface area contributed by atoms with Gasteiger partial charge >= 0.3 is 0 Å². The first kappa shape index (κ1) is 45.7. The van der Waals surface area contributed by atoms with Crippen LogP contribution in [0.25, 0.3) is 0 Å². The van der Waals surface area contributed by atoms with Crippen LogP contribution < -0.4 is 23.0 Å². The van der Waals surface area contributed by atoms with Gasteiger partial charge in [0.25, 0.3) is 0 Å². The minimum absolute atomic E-state index is 0. The number of ether oxygens (including phenoxy) is 5. The van der Waals surface area contributed by atoms with Gasteiger partial charge in [0.1, 0.15) is 11.2 Å². The number of halogens is 1. The Morgan fingerprint density at radius 3 is 1.14 bits per heavy atom. The molecule has 2 aliphatic rings. The predicted molar refractivity (Wildman–Crippen MR) is 172 cm³/mol. The Morgan fingerprint density at radius 2 is 0.909 bits per heavy atom. The molecule has 0 aliphatic carbocycles. The first-order valence-corrected chi connectivity index (χ1v) is 17.0. The zero-order valence-electron chi connectivity index (χ0n) is 29.0. The fraction of sp³-hybridized carbons (Fsp3) is 0.812. The second-order valence-corrected chi connectivity index (χ2v) is 15.5. The van der Waals surface area contributed by atoms with Gasteiger partial charge in [-0.2, -0.15) is 0 Å². The van der Waals surface area contributed by atoms with Crippen molar-refractivity contribution >= 4 is 19.5 Å². The maximum atomic E-state index is 12.4. The minimum Gasteiger partial charge on any atom is -1.00 e. The molecule has 2 aliphatic heterocycles. The molecule has 0 unspecified atom stereocenters. The summed E-state index contributed by atoms with van der Waals surface area (Å²) in [5, 5.41) is 6.31. The van der Waals surface area contributed by atoms with Crippen molar-refractivity contribution in [2.75, 3.05) is 72.7 Å². The van der Waals surface area contributed by atoms with Gasteiger partial charge in [-0.05, 0) is 93.1 Å². The Hall–Kier alpha value is -0.411. The quantitative estimate of drug-likeness (QED) is 0.131. The second-order valence-electron chi connectivity index (χ2n) is 12.8. The molecule has 1 radical (unpaired) electrons. The van der Waals surface area contributed by atoms with Crippen LogP contribution in [0.2, 0.25) is 0 Å². The van der Waals surface area contributed by atoms with Gasteiger partial charge in [0.15, 0.2) is 11.6 Å². The van der Waals surface area contributed by atoms with Crippen molar-refractivity contribution in [2.24, 2.45) is 0 Å². The van der Waals surface area contributed by atoms with Crippen LogP contribution in [-0.4, -0.2) is 107 Å². The van der Waals surface area contributed by atoms with E-state index in [2.05, 4.69) is 10.6 Å². The zero-order valence-corrected chi connectivity index (χ0v) is 32.5. The van der Waals surface area contributed by atoms with Crippen molar-refractivity contribution in [3.63, 3.8) is 0 Å². The number of Topliss-reactive ketones (excluding diaryl/α,β-unsaturated/α-hetero) is 2. The number of hydrogen-bond donors (Lipinski definition) is 2. The average Bonchev–Trinajstić information content (AvgIpc) is 3.15. The van der Waals surface area contributed by atoms with E-state index < -0.39 is 22.4 Å². The topological polar surface area (TPSA) is 104 Å². The van der Waals surface area contributed by atoms with Gasteiger partial charge in [-0.1, -0.05) is 0 Å². The molecular formula is C32H59ClN2O7PTc-. The standard InChI is InChI=1S/C20H32N2O4.C12H27O3P.ClH.Tc/c1-17(2)13(15(23)19(5,6)25-17)11-21-9-10-22-12-14-16(24)20(7,8)26-18(14,3)4;1-13-7-4-10-16(11-5-8-14-2)12-6-9-15-3;;/h11-12,21-22H,9-10H2,1-8H3;4-12H2,1-3H3;1H;/p-1/b13-11+,14-12+;;;/i;;;1+1. The number of nitrogens with one attached hydrogen (secondary N) is 2. The van der Waals surface area contributed by atoms with Crippen molar-refractivity contribution < 1.29 is 65.8 Å². The largest absolute Gasteiger partial charge is 1.00 e. The van der Waals surface area contributed by atoms with E-state index in [4.69, 9.17) is 23.7 Å². The van der Waals surface area contributed by atoms with Gasteiger partial charge in [-0.25, -0.2) is 0 Å². The van der Waals surface area contributed by atoms with Crippen molar-refractivity contribution in [3.05, 3.63) is 23.5 Å². The van der Waals surface area contributed by atoms with E-state index in [9.17, 15) is 9.59 Å². The molecule has 0 amide bonds. The van der Waals surface area contributed by atoms with Crippen LogP contribution >= 0.6 is 7.92 Å². The van der Waals surface area contributed by atoms with Gasteiger partial charge in [-0.15, -0.1) is 7.92 Å². The van der Waals surface area contributed by atoms with Crippen LogP contribution in [-0.2, 0) is 53.4 Å². The number of rotatable bonds is 17. The maximum absolute atomic E-state index is 12.4. The van der Waals surface area contributed by atoms with Crippen molar-refractivity contribution in [1.29, 1.82) is 0 Å². The zero-order chi connectivity index (χ0) is 32.0. The first-order chi connectivity index (χ1) is 19.6. The maximum Gasteiger partial charge on any atom is 0.194 e. The van der Waals surface area contributed by atoms with E-state index in [1.54, 1.807) is 61.4 Å². The third-order valence-electron chi connectivity index (χ3n) is 7.28. The summed E-state index contributed by atoms with van der Waals surface area (Å²) in [6.45, 7) is 18.6. The van der Waals surface area contributed by atoms with Crippen LogP contribution in [0.5, 0.6) is 0 Å². The molecule has 0 aromatic carbocycles. The molecule has 2 N–H and O–H groups in total. The molecule has 0 atom stereocenters. The second kappa shape index (κ2) is 21.5. The molecule has 259 valence electrons. The van der Waals surface area contributed by atoms with E-state index in [-0.39, 0.29) is 52.0 Å². The van der Waals surface area contributed by atoms with Crippen molar-refractivity contribution in [3.8, 4) is 0 Å². The third-order valence-corrected chi connectivity index (χ3v) is 10.1. The molecule has 0 saturated carbocycles. The van der Waals surface area contributed by atoms with Crippen LogP contribution in [0.4, 0.5) is 0 Å². The molecule has 0 spiro atoms. The van der Waals surface area contributed by atoms with Crippen LogP contribution in [0.3, 0.4) is 0 Å². The van der Waals surface area contributed by atoms with Crippen LogP contribution in [0, 0.1) is 0 Å². The van der Waals surface area contributed by atoms with E-state index in [1.807, 2.05) is 27.7 Å². The SMILES string of the molecule is CC1(C)OC(C)(C)/C(=C/NCCN/C=C2\C(=O)C(C)(C)OC2(C)C)C1=O.COCCCP(CCCOC)CCCOC.[99Tc].[Cl-]. The van der Waals surface area contributed by atoms with Gasteiger partial charge < -0.3 is 46.7 Å². The summed E-state index contributed by atoms with van der Waals surface area (Å²) in [5.74, 6) is 0.00511. The summed E-state index contributed by atoms with van der Waals surface area (Å²) in [5.41, 5.74) is -1.51. The minimum atomic E-state index is -0.791. The molecule has 9 nitrogen and oxygen atoms in total. The summed E-state index contributed by atoms with van der Waals surface area (Å²) in [4.78, 5) is 24.8. The van der Waals surface area contributed by atoms with Gasteiger partial charge in [0.05, 0.1) is 11.2 Å². The van der Waals surface area contributed by atoms with Gasteiger partial charge in [-0.3, -0.25) is 9.59 Å². The Bertz CT molecular complexity index is 845. The van der Waals surface area contributed by atoms with Gasteiger partial charge in [0.2, 0.25) is 0 Å². The molecule has 0 bridgehead atoms. The first-order valence-electron chi connectivity index (χ1n) is 15.1. The van der Waals surface area contributed by atoms with E-state index >= 15 is 0 Å². The normalized spacial score (nSPS) is 21.1. The number of methoxy groups -OCH3 is 3. The van der Waals surface area contributed by atoms with Crippen LogP contribution in [0.1, 0.15) is 74.7 Å². The number of carbonyl (C=O) groups is 2. The summed E-state index contributed by atoms with van der Waals surface area (Å²) >= 11 is 0. The number of ketones is 2. The third kappa shape index (κ3) is 15.0. The fourth-order valence-corrected chi connectivity index (χ4v) is 7.68. The Labute approximate surface area is 288 Å². The Kier molecular flexibility index (Phi) is 22.3. The molecule has 2 saturated heterocycles. The molecule has 44 heavy (non-hydrogen) atoms. The molecule has 12 heteroatoms. The smallest absolute Gasteiger partial charge is 0.194 e. The van der Waals surface area contributed by atoms with E-state index in [0.717, 1.165) is 19.8 Å². The average molecular weight is 749 g/mol. The number of hydrogen-bond acceptors (Lipinski definition) is 9. The molecule has 2 rings (SSSR count). The Morgan fingerprint density at radius 1 is 0.614 bits per heavy atom. The summed E-state index contributed by atoms with van der Waals surface area (Å²) < 4.78 is 27.0. The number of carbonyl (C=O) groups excluding carboxylic acids is 2. The summed E-state index contributed by atoms with van der Waals surface area (Å²) in [6.07, 6.45) is 11.1. The van der Waals surface area contributed by atoms with Gasteiger partial charge in [0, 0.05) is 97.9 Å². The van der Waals surface area contributed by atoms with Crippen LogP contribution in [0.15, 0.2) is 23.5 Å². The molecule has 0 aromatic heterocycles.